The summed E-state index contributed by atoms with van der Waals surface area (Å²) in [5.41, 5.74) is 3.17. The number of aromatic nitrogens is 1. The highest BCUT2D eigenvalue weighted by atomic mass is 32.1. The molecule has 0 unspecified atom stereocenters. The number of methoxy groups -OCH3 is 1. The van der Waals surface area contributed by atoms with Crippen molar-refractivity contribution >= 4 is 34.5 Å². The van der Waals surface area contributed by atoms with Crippen molar-refractivity contribution in [1.29, 1.82) is 0 Å². The molecule has 0 aliphatic heterocycles. The second-order valence-electron chi connectivity index (χ2n) is 6.19. The number of thiazole rings is 1. The molecule has 1 aromatic heterocycles. The van der Waals surface area contributed by atoms with Crippen LogP contribution in [0, 0.1) is 0 Å². The van der Waals surface area contributed by atoms with E-state index in [0.717, 1.165) is 22.0 Å². The molecule has 0 saturated carbocycles. The van der Waals surface area contributed by atoms with Crippen molar-refractivity contribution in [2.45, 2.75) is 19.8 Å². The van der Waals surface area contributed by atoms with Gasteiger partial charge in [0.25, 0.3) is 0 Å². The molecule has 0 bridgehead atoms. The number of rotatable bonds is 7. The van der Waals surface area contributed by atoms with Crippen LogP contribution in [0.4, 0.5) is 11.4 Å². The molecule has 0 fully saturated rings. The summed E-state index contributed by atoms with van der Waals surface area (Å²) in [6.07, 6.45) is 0.878. The van der Waals surface area contributed by atoms with Gasteiger partial charge in [-0.1, -0.05) is 18.2 Å². The summed E-state index contributed by atoms with van der Waals surface area (Å²) in [5.74, 6) is 0.532. The lowest BCUT2D eigenvalue weighted by Crippen LogP contribution is -2.13. The molecule has 0 aliphatic rings. The highest BCUT2D eigenvalue weighted by Gasteiger charge is 2.09. The van der Waals surface area contributed by atoms with E-state index in [1.807, 2.05) is 29.6 Å². The zero-order valence-corrected chi connectivity index (χ0v) is 16.5. The fourth-order valence-electron chi connectivity index (χ4n) is 2.65. The number of nitrogens with one attached hydrogen (secondary N) is 2. The molecule has 2 N–H and O–H groups in total. The smallest absolute Gasteiger partial charge is 0.224 e. The summed E-state index contributed by atoms with van der Waals surface area (Å²) in [6.45, 7) is 1.44. The van der Waals surface area contributed by atoms with Crippen LogP contribution in [-0.2, 0) is 16.0 Å². The second-order valence-corrected chi connectivity index (χ2v) is 7.04. The molecule has 28 heavy (non-hydrogen) atoms. The Balaban J connectivity index is 1.56. The molecule has 0 spiro atoms. The maximum Gasteiger partial charge on any atom is 0.224 e. The van der Waals surface area contributed by atoms with Crippen LogP contribution in [0.15, 0.2) is 53.9 Å². The molecular weight excluding hydrogens is 374 g/mol. The van der Waals surface area contributed by atoms with Crippen LogP contribution < -0.4 is 15.4 Å². The minimum atomic E-state index is -0.154. The molecule has 0 aliphatic carbocycles. The Kier molecular flexibility index (Phi) is 6.39. The average Bonchev–Trinajstić information content (AvgIpc) is 3.15. The van der Waals surface area contributed by atoms with Crippen molar-refractivity contribution in [2.24, 2.45) is 0 Å². The van der Waals surface area contributed by atoms with Gasteiger partial charge in [-0.15, -0.1) is 11.3 Å². The third kappa shape index (κ3) is 5.40. The third-order valence-corrected chi connectivity index (χ3v) is 4.88. The number of carbonyl (C=O) groups is 2. The van der Waals surface area contributed by atoms with E-state index in [-0.39, 0.29) is 11.8 Å². The largest absolute Gasteiger partial charge is 0.497 e. The lowest BCUT2D eigenvalue weighted by atomic mass is 10.2. The SMILES string of the molecule is COc1cccc(-c2nc(CCC(=O)Nc3cccc(NC(C)=O)c3)cs2)c1. The second kappa shape index (κ2) is 9.14. The Morgan fingerprint density at radius 2 is 1.82 bits per heavy atom. The summed E-state index contributed by atoms with van der Waals surface area (Å²) in [4.78, 5) is 28.0. The van der Waals surface area contributed by atoms with Crippen molar-refractivity contribution in [2.75, 3.05) is 17.7 Å². The quantitative estimate of drug-likeness (QED) is 0.623. The standard InChI is InChI=1S/C21H21N3O3S/c1-14(25)22-16-6-4-7-17(12-16)23-20(26)10-9-18-13-28-21(24-18)15-5-3-8-19(11-15)27-2/h3-8,11-13H,9-10H2,1-2H3,(H,22,25)(H,23,26). The molecule has 6 nitrogen and oxygen atoms in total. The Labute approximate surface area is 167 Å². The summed E-state index contributed by atoms with van der Waals surface area (Å²) in [5, 5.41) is 8.42. The van der Waals surface area contributed by atoms with Gasteiger partial charge in [-0.2, -0.15) is 0 Å². The first-order valence-electron chi connectivity index (χ1n) is 8.80. The van der Waals surface area contributed by atoms with Crippen LogP contribution in [0.25, 0.3) is 10.6 Å². The first kappa shape index (κ1) is 19.6. The maximum atomic E-state index is 12.2. The number of aryl methyl sites for hydroxylation is 1. The number of anilines is 2. The summed E-state index contributed by atoms with van der Waals surface area (Å²) in [7, 11) is 1.64. The molecule has 2 amide bonds. The highest BCUT2D eigenvalue weighted by Crippen LogP contribution is 2.27. The van der Waals surface area contributed by atoms with Crippen LogP contribution in [0.1, 0.15) is 19.0 Å². The van der Waals surface area contributed by atoms with Crippen molar-refractivity contribution in [3.05, 3.63) is 59.6 Å². The third-order valence-electron chi connectivity index (χ3n) is 3.94. The zero-order valence-electron chi connectivity index (χ0n) is 15.7. The van der Waals surface area contributed by atoms with E-state index in [1.54, 1.807) is 42.7 Å². The van der Waals surface area contributed by atoms with E-state index in [4.69, 9.17) is 4.74 Å². The number of amides is 2. The van der Waals surface area contributed by atoms with Crippen molar-refractivity contribution in [1.82, 2.24) is 4.98 Å². The highest BCUT2D eigenvalue weighted by molar-refractivity contribution is 7.13. The Morgan fingerprint density at radius 1 is 1.07 bits per heavy atom. The van der Waals surface area contributed by atoms with Gasteiger partial charge in [-0.3, -0.25) is 9.59 Å². The van der Waals surface area contributed by atoms with Gasteiger partial charge in [0.05, 0.1) is 12.8 Å². The Morgan fingerprint density at radius 3 is 2.57 bits per heavy atom. The molecule has 0 radical (unpaired) electrons. The van der Waals surface area contributed by atoms with Crippen LogP contribution in [0.5, 0.6) is 5.75 Å². The summed E-state index contributed by atoms with van der Waals surface area (Å²) in [6, 6.07) is 14.8. The Hall–Kier alpha value is -3.19. The van der Waals surface area contributed by atoms with Gasteiger partial charge >= 0.3 is 0 Å². The minimum Gasteiger partial charge on any atom is -0.497 e. The van der Waals surface area contributed by atoms with Crippen LogP contribution in [0.3, 0.4) is 0 Å². The van der Waals surface area contributed by atoms with Gasteiger partial charge in [0.1, 0.15) is 10.8 Å². The number of nitrogens with zero attached hydrogens (tertiary/aromatic N) is 1. The van der Waals surface area contributed by atoms with Gasteiger partial charge < -0.3 is 15.4 Å². The number of carbonyl (C=O) groups excluding carboxylic acids is 2. The van der Waals surface area contributed by atoms with Crippen LogP contribution in [0.2, 0.25) is 0 Å². The first-order chi connectivity index (χ1) is 13.5. The average molecular weight is 395 g/mol. The van der Waals surface area contributed by atoms with Gasteiger partial charge in [0, 0.05) is 35.7 Å². The van der Waals surface area contributed by atoms with Crippen molar-refractivity contribution < 1.29 is 14.3 Å². The minimum absolute atomic E-state index is 0.101. The van der Waals surface area contributed by atoms with Crippen LogP contribution >= 0.6 is 11.3 Å². The first-order valence-corrected chi connectivity index (χ1v) is 9.68. The van der Waals surface area contributed by atoms with Gasteiger partial charge in [-0.05, 0) is 36.8 Å². The fraction of sp³-hybridized carbons (Fsp3) is 0.190. The molecular formula is C21H21N3O3S. The Bertz CT molecular complexity index is 984. The fourth-order valence-corrected chi connectivity index (χ4v) is 3.50. The number of hydrogen-bond donors (Lipinski definition) is 2. The van der Waals surface area contributed by atoms with Crippen LogP contribution in [-0.4, -0.2) is 23.9 Å². The molecule has 3 rings (SSSR count). The van der Waals surface area contributed by atoms with E-state index in [1.165, 1.54) is 6.92 Å². The van der Waals surface area contributed by atoms with Gasteiger partial charge in [0.2, 0.25) is 11.8 Å². The lowest BCUT2D eigenvalue weighted by Gasteiger charge is -2.07. The maximum absolute atomic E-state index is 12.2. The molecule has 0 saturated heterocycles. The van der Waals surface area contributed by atoms with E-state index >= 15 is 0 Å². The predicted octanol–water partition coefficient (Wildman–Crippen LogP) is 4.35. The molecule has 144 valence electrons. The molecule has 7 heteroatoms. The topological polar surface area (TPSA) is 80.3 Å². The molecule has 2 aromatic carbocycles. The van der Waals surface area contributed by atoms with E-state index in [2.05, 4.69) is 15.6 Å². The summed E-state index contributed by atoms with van der Waals surface area (Å²) < 4.78 is 5.25. The van der Waals surface area contributed by atoms with Gasteiger partial charge in [0.15, 0.2) is 0 Å². The van der Waals surface area contributed by atoms with E-state index in [9.17, 15) is 9.59 Å². The van der Waals surface area contributed by atoms with E-state index in [0.29, 0.717) is 24.2 Å². The van der Waals surface area contributed by atoms with E-state index < -0.39 is 0 Å². The lowest BCUT2D eigenvalue weighted by molar-refractivity contribution is -0.116. The molecule has 1 heterocycles. The zero-order chi connectivity index (χ0) is 19.9. The van der Waals surface area contributed by atoms with Crippen molar-refractivity contribution in [3.8, 4) is 16.3 Å². The molecule has 0 atom stereocenters. The number of hydrogen-bond acceptors (Lipinski definition) is 5. The number of ether oxygens (including phenoxy) is 1. The predicted molar refractivity (Wildman–Crippen MR) is 112 cm³/mol. The summed E-state index contributed by atoms with van der Waals surface area (Å²) >= 11 is 1.55. The normalized spacial score (nSPS) is 10.4. The monoisotopic (exact) mass is 395 g/mol. The van der Waals surface area contributed by atoms with Gasteiger partial charge in [-0.25, -0.2) is 4.98 Å². The molecule has 3 aromatic rings. The number of benzene rings is 2. The van der Waals surface area contributed by atoms with Crippen molar-refractivity contribution in [3.63, 3.8) is 0 Å².